The number of hydrogen-bond donors (Lipinski definition) is 3. The summed E-state index contributed by atoms with van der Waals surface area (Å²) in [5.74, 6) is 4.84. The Morgan fingerprint density at radius 1 is 0.795 bits per heavy atom. The Balaban J connectivity index is 1.19. The molecule has 0 aromatic heterocycles. The zero-order valence-corrected chi connectivity index (χ0v) is 24.5. The lowest BCUT2D eigenvalue weighted by molar-refractivity contribution is -0.143. The van der Waals surface area contributed by atoms with E-state index in [1.165, 1.54) is 7.11 Å². The number of fused-ring (bicyclic) bond motifs is 3. The summed E-state index contributed by atoms with van der Waals surface area (Å²) in [5, 5.41) is 5.34. The Kier molecular flexibility index (Phi) is 9.38. The number of rotatable bonds is 8. The maximum Gasteiger partial charge on any atom is 0.407 e. The third-order valence-corrected chi connectivity index (χ3v) is 7.62. The van der Waals surface area contributed by atoms with Crippen LogP contribution in [0.25, 0.3) is 11.1 Å². The molecule has 0 fully saturated rings. The zero-order chi connectivity index (χ0) is 31.1. The minimum Gasteiger partial charge on any atom is -0.467 e. The quantitative estimate of drug-likeness (QED) is 0.202. The molecule has 4 N–H and O–H groups in total. The van der Waals surface area contributed by atoms with Gasteiger partial charge in [0.2, 0.25) is 0 Å². The summed E-state index contributed by atoms with van der Waals surface area (Å²) in [7, 11) is 1.22. The molecule has 4 aromatic carbocycles. The molecule has 1 aliphatic rings. The molecule has 0 bridgehead atoms. The first-order valence-corrected chi connectivity index (χ1v) is 14.3. The van der Waals surface area contributed by atoms with Crippen LogP contribution in [0.2, 0.25) is 0 Å². The van der Waals surface area contributed by atoms with E-state index in [0.717, 1.165) is 38.9 Å². The third kappa shape index (κ3) is 6.80. The van der Waals surface area contributed by atoms with Crippen molar-refractivity contribution in [2.24, 2.45) is 5.73 Å². The van der Waals surface area contributed by atoms with E-state index < -0.39 is 30.1 Å². The number of nitrogens with two attached hydrogens (primary N) is 1. The average molecular weight is 588 g/mol. The van der Waals surface area contributed by atoms with Gasteiger partial charge in [-0.05, 0) is 71.1 Å². The summed E-state index contributed by atoms with van der Waals surface area (Å²) < 4.78 is 10.5. The van der Waals surface area contributed by atoms with Crippen molar-refractivity contribution in [1.29, 1.82) is 0 Å². The lowest BCUT2D eigenvalue weighted by Crippen LogP contribution is -2.54. The highest BCUT2D eigenvalue weighted by Gasteiger charge is 2.32. The van der Waals surface area contributed by atoms with Crippen molar-refractivity contribution in [2.45, 2.75) is 31.5 Å². The first kappa shape index (κ1) is 30.1. The van der Waals surface area contributed by atoms with Crippen LogP contribution in [0.15, 0.2) is 97.1 Å². The molecule has 0 saturated heterocycles. The monoisotopic (exact) mass is 587 g/mol. The third-order valence-electron chi connectivity index (χ3n) is 7.62. The number of nitrogens with one attached hydrogen (secondary N) is 2. The van der Waals surface area contributed by atoms with Gasteiger partial charge in [0.05, 0.1) is 13.2 Å². The molecule has 0 spiro atoms. The van der Waals surface area contributed by atoms with Gasteiger partial charge in [0.25, 0.3) is 5.91 Å². The second-order valence-corrected chi connectivity index (χ2v) is 10.5. The predicted octanol–water partition coefficient (Wildman–Crippen LogP) is 4.74. The SMILES string of the molecule is COC(=O)C(NC(=O)c1ccc(C#Cc2ccc(CN)cc2)cc1)C(C)NC(=O)OCC1c2ccccc2-c2ccccc21. The van der Waals surface area contributed by atoms with E-state index in [0.29, 0.717) is 12.1 Å². The number of amides is 2. The van der Waals surface area contributed by atoms with Crippen molar-refractivity contribution in [2.75, 3.05) is 13.7 Å². The smallest absolute Gasteiger partial charge is 0.407 e. The molecule has 0 radical (unpaired) electrons. The van der Waals surface area contributed by atoms with Crippen molar-refractivity contribution >= 4 is 18.0 Å². The van der Waals surface area contributed by atoms with Gasteiger partial charge in [0, 0.05) is 29.2 Å². The van der Waals surface area contributed by atoms with E-state index in [-0.39, 0.29) is 12.5 Å². The number of carbonyl (C=O) groups is 3. The van der Waals surface area contributed by atoms with Crippen LogP contribution in [0, 0.1) is 11.8 Å². The molecule has 1 aliphatic carbocycles. The van der Waals surface area contributed by atoms with E-state index in [2.05, 4.69) is 34.6 Å². The Hall–Kier alpha value is -5.39. The highest BCUT2D eigenvalue weighted by atomic mass is 16.5. The molecule has 5 rings (SSSR count). The second kappa shape index (κ2) is 13.7. The summed E-state index contributed by atoms with van der Waals surface area (Å²) >= 11 is 0. The van der Waals surface area contributed by atoms with E-state index in [9.17, 15) is 14.4 Å². The first-order valence-electron chi connectivity index (χ1n) is 14.3. The number of methoxy groups -OCH3 is 1. The van der Waals surface area contributed by atoms with E-state index in [1.54, 1.807) is 31.2 Å². The fourth-order valence-corrected chi connectivity index (χ4v) is 5.22. The fraction of sp³-hybridized carbons (Fsp3) is 0.194. The Morgan fingerprint density at radius 3 is 1.89 bits per heavy atom. The second-order valence-electron chi connectivity index (χ2n) is 10.5. The topological polar surface area (TPSA) is 120 Å². The van der Waals surface area contributed by atoms with Crippen molar-refractivity contribution in [3.05, 3.63) is 130 Å². The van der Waals surface area contributed by atoms with E-state index in [4.69, 9.17) is 15.2 Å². The van der Waals surface area contributed by atoms with Gasteiger partial charge in [-0.1, -0.05) is 72.5 Å². The van der Waals surface area contributed by atoms with Crippen LogP contribution < -0.4 is 16.4 Å². The Morgan fingerprint density at radius 2 is 1.34 bits per heavy atom. The summed E-state index contributed by atoms with van der Waals surface area (Å²) in [6, 6.07) is 28.5. The van der Waals surface area contributed by atoms with E-state index >= 15 is 0 Å². The first-order chi connectivity index (χ1) is 21.4. The van der Waals surface area contributed by atoms with Crippen molar-refractivity contribution in [3.8, 4) is 23.0 Å². The molecule has 0 saturated carbocycles. The summed E-state index contributed by atoms with van der Waals surface area (Å²) in [6.45, 7) is 2.19. The highest BCUT2D eigenvalue weighted by Crippen LogP contribution is 2.44. The summed E-state index contributed by atoms with van der Waals surface area (Å²) in [6.07, 6.45) is -0.705. The van der Waals surface area contributed by atoms with Crippen molar-refractivity contribution < 1.29 is 23.9 Å². The van der Waals surface area contributed by atoms with Crippen LogP contribution in [0.5, 0.6) is 0 Å². The predicted molar refractivity (Wildman–Crippen MR) is 168 cm³/mol. The molecule has 222 valence electrons. The molecule has 8 heteroatoms. The Bertz CT molecular complexity index is 1680. The van der Waals surface area contributed by atoms with E-state index in [1.807, 2.05) is 60.7 Å². The standard InChI is InChI=1S/C36H33N3O5/c1-23(38-36(42)44-22-32-30-9-5-3-7-28(30)29-8-4-6-10-31(29)32)33(35(41)43-2)39-34(40)27-19-17-25(18-20-27)12-11-24-13-15-26(21-37)16-14-24/h3-10,13-20,23,32-33H,21-22,37H2,1-2H3,(H,38,42)(H,39,40). The summed E-state index contributed by atoms with van der Waals surface area (Å²) in [5.41, 5.74) is 13.0. The van der Waals surface area contributed by atoms with Crippen LogP contribution in [-0.2, 0) is 20.8 Å². The van der Waals surface area contributed by atoms with Gasteiger partial charge in [-0.15, -0.1) is 0 Å². The number of benzene rings is 4. The lowest BCUT2D eigenvalue weighted by atomic mass is 9.98. The summed E-state index contributed by atoms with van der Waals surface area (Å²) in [4.78, 5) is 38.5. The maximum absolute atomic E-state index is 13.0. The molecule has 2 atom stereocenters. The Labute approximate surface area is 256 Å². The lowest BCUT2D eigenvalue weighted by Gasteiger charge is -2.24. The molecule has 0 aliphatic heterocycles. The fourth-order valence-electron chi connectivity index (χ4n) is 5.22. The van der Waals surface area contributed by atoms with Crippen LogP contribution in [0.1, 0.15) is 51.0 Å². The highest BCUT2D eigenvalue weighted by molar-refractivity contribution is 5.97. The van der Waals surface area contributed by atoms with Gasteiger partial charge < -0.3 is 25.8 Å². The number of carbonyl (C=O) groups excluding carboxylic acids is 3. The normalized spacial score (nSPS) is 12.9. The number of hydrogen-bond acceptors (Lipinski definition) is 6. The van der Waals surface area contributed by atoms with Gasteiger partial charge in [-0.25, -0.2) is 9.59 Å². The van der Waals surface area contributed by atoms with Crippen molar-refractivity contribution in [1.82, 2.24) is 10.6 Å². The molecule has 44 heavy (non-hydrogen) atoms. The van der Waals surface area contributed by atoms with Gasteiger partial charge in [-0.3, -0.25) is 4.79 Å². The van der Waals surface area contributed by atoms with Crippen LogP contribution in [0.3, 0.4) is 0 Å². The number of alkyl carbamates (subject to hydrolysis) is 1. The van der Waals surface area contributed by atoms with Crippen LogP contribution in [-0.4, -0.2) is 43.8 Å². The van der Waals surface area contributed by atoms with Gasteiger partial charge in [-0.2, -0.15) is 0 Å². The molecule has 2 unspecified atom stereocenters. The molecule has 0 heterocycles. The minimum absolute atomic E-state index is 0.107. The molecular weight excluding hydrogens is 554 g/mol. The zero-order valence-electron chi connectivity index (χ0n) is 24.5. The molecule has 8 nitrogen and oxygen atoms in total. The average Bonchev–Trinajstić information content (AvgIpc) is 3.38. The van der Waals surface area contributed by atoms with Gasteiger partial charge >= 0.3 is 12.1 Å². The maximum atomic E-state index is 13.0. The molecular formula is C36H33N3O5. The minimum atomic E-state index is -1.15. The molecule has 2 amide bonds. The number of esters is 1. The number of ether oxygens (including phenoxy) is 2. The largest absolute Gasteiger partial charge is 0.467 e. The molecule has 4 aromatic rings. The van der Waals surface area contributed by atoms with Crippen LogP contribution >= 0.6 is 0 Å². The van der Waals surface area contributed by atoms with Crippen molar-refractivity contribution in [3.63, 3.8) is 0 Å². The van der Waals surface area contributed by atoms with Gasteiger partial charge in [0.1, 0.15) is 12.6 Å². The van der Waals surface area contributed by atoms with Crippen LogP contribution in [0.4, 0.5) is 4.79 Å². The van der Waals surface area contributed by atoms with Gasteiger partial charge in [0.15, 0.2) is 0 Å².